The number of hydrogen-bond acceptors (Lipinski definition) is 4. The summed E-state index contributed by atoms with van der Waals surface area (Å²) in [5.41, 5.74) is 5.12. The molecule has 1 saturated carbocycles. The number of ether oxygens (including phenoxy) is 2. The van der Waals surface area contributed by atoms with Crippen LogP contribution in [0.3, 0.4) is 0 Å². The number of allylic oxidation sites excluding steroid dienone is 4. The van der Waals surface area contributed by atoms with E-state index in [0.29, 0.717) is 5.75 Å². The standard InChI is InChI=1S/C25H26N2O3/c1-16-6-4-5-7-21(16)19(14-26)12-17(2)18(3)27-24(28)25(10-11-25)20-8-9-22-23(13-20)30-15-29-22/h4-9,12-14,26H,10-11,15H2,1-3H3,(H,27,28)/b18-17+,19-12+,26-14?. The Labute approximate surface area is 176 Å². The summed E-state index contributed by atoms with van der Waals surface area (Å²) in [6.45, 7) is 6.11. The van der Waals surface area contributed by atoms with Crippen LogP contribution in [0.4, 0.5) is 0 Å². The van der Waals surface area contributed by atoms with Crippen LogP contribution in [0.15, 0.2) is 59.8 Å². The first kappa shape index (κ1) is 20.0. The zero-order valence-electron chi connectivity index (χ0n) is 17.5. The number of amides is 1. The summed E-state index contributed by atoms with van der Waals surface area (Å²) in [4.78, 5) is 13.1. The van der Waals surface area contributed by atoms with Crippen molar-refractivity contribution in [2.24, 2.45) is 0 Å². The van der Waals surface area contributed by atoms with Crippen molar-refractivity contribution >= 4 is 17.7 Å². The summed E-state index contributed by atoms with van der Waals surface area (Å²) < 4.78 is 10.9. The SMILES string of the molecule is CC(/C=C(\C=N)c1ccccc1C)=C(/C)NC(=O)C1(c2ccc3c(c2)OCO3)CC1. The minimum absolute atomic E-state index is 0.00101. The fourth-order valence-corrected chi connectivity index (χ4v) is 3.79. The van der Waals surface area contributed by atoms with Gasteiger partial charge in [-0.2, -0.15) is 0 Å². The van der Waals surface area contributed by atoms with Crippen LogP contribution >= 0.6 is 0 Å². The highest BCUT2D eigenvalue weighted by atomic mass is 16.7. The predicted octanol–water partition coefficient (Wildman–Crippen LogP) is 4.90. The molecule has 0 radical (unpaired) electrons. The Morgan fingerprint density at radius 1 is 1.10 bits per heavy atom. The molecule has 0 unspecified atom stereocenters. The second kappa shape index (κ2) is 7.82. The molecule has 5 heteroatoms. The van der Waals surface area contributed by atoms with Crippen LogP contribution in [0.5, 0.6) is 11.5 Å². The van der Waals surface area contributed by atoms with E-state index >= 15 is 0 Å². The number of benzene rings is 2. The van der Waals surface area contributed by atoms with Crippen molar-refractivity contribution in [2.45, 2.75) is 39.0 Å². The van der Waals surface area contributed by atoms with Crippen LogP contribution in [0.1, 0.15) is 43.4 Å². The van der Waals surface area contributed by atoms with Gasteiger partial charge in [0.15, 0.2) is 11.5 Å². The Morgan fingerprint density at radius 2 is 1.83 bits per heavy atom. The third kappa shape index (κ3) is 3.63. The summed E-state index contributed by atoms with van der Waals surface area (Å²) in [5.74, 6) is 1.42. The fourth-order valence-electron chi connectivity index (χ4n) is 3.79. The van der Waals surface area contributed by atoms with Crippen LogP contribution in [-0.4, -0.2) is 18.9 Å². The lowest BCUT2D eigenvalue weighted by Crippen LogP contribution is -2.34. The van der Waals surface area contributed by atoms with Gasteiger partial charge in [0.05, 0.1) is 5.41 Å². The molecule has 1 aliphatic carbocycles. The summed E-state index contributed by atoms with van der Waals surface area (Å²) in [5, 5.41) is 10.9. The van der Waals surface area contributed by atoms with Gasteiger partial charge >= 0.3 is 0 Å². The first-order valence-corrected chi connectivity index (χ1v) is 10.1. The van der Waals surface area contributed by atoms with Gasteiger partial charge in [-0.15, -0.1) is 0 Å². The van der Waals surface area contributed by atoms with Crippen molar-refractivity contribution in [2.75, 3.05) is 6.79 Å². The van der Waals surface area contributed by atoms with Crippen molar-refractivity contribution in [3.63, 3.8) is 0 Å². The first-order chi connectivity index (χ1) is 14.4. The van der Waals surface area contributed by atoms with Crippen LogP contribution < -0.4 is 14.8 Å². The topological polar surface area (TPSA) is 71.4 Å². The maximum Gasteiger partial charge on any atom is 0.234 e. The van der Waals surface area contributed by atoms with E-state index in [2.05, 4.69) is 5.32 Å². The van der Waals surface area contributed by atoms with Gasteiger partial charge in [-0.05, 0) is 79.7 Å². The van der Waals surface area contributed by atoms with E-state index in [-0.39, 0.29) is 12.7 Å². The van der Waals surface area contributed by atoms with E-state index in [1.54, 1.807) is 0 Å². The number of hydrogen-bond donors (Lipinski definition) is 2. The van der Waals surface area contributed by atoms with Gasteiger partial charge in [0, 0.05) is 11.9 Å². The lowest BCUT2D eigenvalue weighted by atomic mass is 9.94. The molecule has 0 aromatic heterocycles. The van der Waals surface area contributed by atoms with Gasteiger partial charge in [-0.1, -0.05) is 30.3 Å². The zero-order valence-corrected chi connectivity index (χ0v) is 17.5. The molecular weight excluding hydrogens is 376 g/mol. The Balaban J connectivity index is 1.55. The molecule has 2 N–H and O–H groups in total. The summed E-state index contributed by atoms with van der Waals surface area (Å²) in [6.07, 6.45) is 4.94. The molecule has 1 heterocycles. The molecule has 0 atom stereocenters. The Kier molecular flexibility index (Phi) is 5.20. The molecule has 1 amide bonds. The maximum atomic E-state index is 13.1. The number of fused-ring (bicyclic) bond motifs is 1. The average molecular weight is 402 g/mol. The predicted molar refractivity (Wildman–Crippen MR) is 118 cm³/mol. The smallest absolute Gasteiger partial charge is 0.234 e. The van der Waals surface area contributed by atoms with Gasteiger partial charge in [0.2, 0.25) is 12.7 Å². The van der Waals surface area contributed by atoms with Crippen LogP contribution in [0.2, 0.25) is 0 Å². The highest BCUT2D eigenvalue weighted by Gasteiger charge is 2.51. The molecule has 0 saturated heterocycles. The first-order valence-electron chi connectivity index (χ1n) is 10.1. The molecule has 2 aromatic rings. The Hall–Kier alpha value is -3.34. The normalized spacial score (nSPS) is 17.2. The van der Waals surface area contributed by atoms with Crippen molar-refractivity contribution in [3.8, 4) is 11.5 Å². The summed E-state index contributed by atoms with van der Waals surface area (Å²) >= 11 is 0. The summed E-state index contributed by atoms with van der Waals surface area (Å²) in [6, 6.07) is 13.7. The third-order valence-electron chi connectivity index (χ3n) is 5.99. The van der Waals surface area contributed by atoms with Crippen molar-refractivity contribution in [1.29, 1.82) is 5.41 Å². The van der Waals surface area contributed by atoms with Crippen LogP contribution in [-0.2, 0) is 10.2 Å². The lowest BCUT2D eigenvalue weighted by Gasteiger charge is -2.17. The van der Waals surface area contributed by atoms with E-state index < -0.39 is 5.41 Å². The van der Waals surface area contributed by atoms with Gasteiger partial charge < -0.3 is 20.2 Å². The number of nitrogens with one attached hydrogen (secondary N) is 2. The van der Waals surface area contributed by atoms with Crippen molar-refractivity contribution in [3.05, 3.63) is 76.5 Å². The highest BCUT2D eigenvalue weighted by molar-refractivity contribution is 6.09. The average Bonchev–Trinajstić information content (AvgIpc) is 3.43. The molecule has 0 spiro atoms. The van der Waals surface area contributed by atoms with Crippen LogP contribution in [0, 0.1) is 12.3 Å². The van der Waals surface area contributed by atoms with E-state index in [1.165, 1.54) is 6.21 Å². The van der Waals surface area contributed by atoms with E-state index in [1.807, 2.05) is 69.3 Å². The second-order valence-corrected chi connectivity index (χ2v) is 7.97. The van der Waals surface area contributed by atoms with Gasteiger partial charge in [-0.25, -0.2) is 0 Å². The monoisotopic (exact) mass is 402 g/mol. The quantitative estimate of drug-likeness (QED) is 0.533. The molecular formula is C25H26N2O3. The lowest BCUT2D eigenvalue weighted by molar-refractivity contribution is -0.122. The van der Waals surface area contributed by atoms with E-state index in [4.69, 9.17) is 14.9 Å². The molecule has 5 nitrogen and oxygen atoms in total. The van der Waals surface area contributed by atoms with Crippen molar-refractivity contribution < 1.29 is 14.3 Å². The molecule has 2 aromatic carbocycles. The number of carbonyl (C=O) groups is 1. The molecule has 1 fully saturated rings. The van der Waals surface area contributed by atoms with Crippen molar-refractivity contribution in [1.82, 2.24) is 5.32 Å². The Bertz CT molecular complexity index is 1080. The molecule has 154 valence electrons. The molecule has 1 aliphatic heterocycles. The molecule has 2 aliphatic rings. The van der Waals surface area contributed by atoms with Crippen LogP contribution in [0.25, 0.3) is 5.57 Å². The van der Waals surface area contributed by atoms with Gasteiger partial charge in [0.1, 0.15) is 0 Å². The van der Waals surface area contributed by atoms with E-state index in [9.17, 15) is 4.79 Å². The molecule has 4 rings (SSSR count). The minimum atomic E-state index is -0.507. The second-order valence-electron chi connectivity index (χ2n) is 7.97. The number of carbonyl (C=O) groups excluding carboxylic acids is 1. The maximum absolute atomic E-state index is 13.1. The fraction of sp³-hybridized carbons (Fsp3) is 0.280. The van der Waals surface area contributed by atoms with Gasteiger partial charge in [-0.3, -0.25) is 4.79 Å². The summed E-state index contributed by atoms with van der Waals surface area (Å²) in [7, 11) is 0. The number of aryl methyl sites for hydroxylation is 1. The highest BCUT2D eigenvalue weighted by Crippen LogP contribution is 2.50. The Morgan fingerprint density at radius 3 is 2.53 bits per heavy atom. The van der Waals surface area contributed by atoms with Gasteiger partial charge in [0.25, 0.3) is 0 Å². The zero-order chi connectivity index (χ0) is 21.3. The largest absolute Gasteiger partial charge is 0.454 e. The third-order valence-corrected chi connectivity index (χ3v) is 5.99. The minimum Gasteiger partial charge on any atom is -0.454 e. The molecule has 0 bridgehead atoms. The number of rotatable bonds is 6. The van der Waals surface area contributed by atoms with E-state index in [0.717, 1.165) is 52.1 Å². The molecule has 30 heavy (non-hydrogen) atoms.